The number of ether oxygens (including phenoxy) is 6. The lowest BCUT2D eigenvalue weighted by Crippen LogP contribution is -2.19. The van der Waals surface area contributed by atoms with Gasteiger partial charge in [-0.1, -0.05) is 13.3 Å². The van der Waals surface area contributed by atoms with Crippen molar-refractivity contribution in [2.75, 3.05) is 42.7 Å². The van der Waals surface area contributed by atoms with Crippen LogP contribution in [0.2, 0.25) is 0 Å². The predicted octanol–water partition coefficient (Wildman–Crippen LogP) is 5.59. The van der Waals surface area contributed by atoms with Gasteiger partial charge < -0.3 is 28.4 Å². The molecule has 1 unspecified atom stereocenters. The van der Waals surface area contributed by atoms with Crippen LogP contribution in [0.3, 0.4) is 0 Å². The Morgan fingerprint density at radius 2 is 0.971 bits per heavy atom. The second-order valence-corrected chi connectivity index (χ2v) is 8.25. The summed E-state index contributed by atoms with van der Waals surface area (Å²) in [6.45, 7) is 2.14. The molecule has 0 N–H and O–H groups in total. The first-order chi connectivity index (χ1) is 16.9. The molecule has 3 rings (SSSR count). The molecule has 0 amide bonds. The van der Waals surface area contributed by atoms with E-state index in [-0.39, 0.29) is 5.78 Å². The number of rotatable bonds is 9. The van der Waals surface area contributed by atoms with Crippen LogP contribution in [0.1, 0.15) is 37.3 Å². The molecule has 2 aromatic rings. The largest absolute Gasteiger partial charge is 0.496 e. The summed E-state index contributed by atoms with van der Waals surface area (Å²) in [6, 6.07) is 7.19. The third kappa shape index (κ3) is 5.56. The van der Waals surface area contributed by atoms with Crippen molar-refractivity contribution >= 4 is 17.9 Å². The smallest absolute Gasteiger partial charge is 0.185 e. The van der Waals surface area contributed by atoms with E-state index in [1.54, 1.807) is 54.8 Å². The molecule has 0 heterocycles. The molecule has 35 heavy (non-hydrogen) atoms. The molecule has 7 heteroatoms. The Morgan fingerprint density at radius 1 is 0.629 bits per heavy atom. The maximum absolute atomic E-state index is 13.6. The molecular weight excluding hydrogens is 448 g/mol. The van der Waals surface area contributed by atoms with Gasteiger partial charge in [-0.15, -0.1) is 0 Å². The molecule has 1 aliphatic carbocycles. The maximum atomic E-state index is 13.6. The lowest BCUT2D eigenvalue weighted by molar-refractivity contribution is -0.113. The highest BCUT2D eigenvalue weighted by atomic mass is 16.5. The Morgan fingerprint density at radius 3 is 1.29 bits per heavy atom. The highest BCUT2D eigenvalue weighted by molar-refractivity contribution is 6.14. The van der Waals surface area contributed by atoms with E-state index >= 15 is 0 Å². The molecule has 1 aliphatic rings. The van der Waals surface area contributed by atoms with Gasteiger partial charge in [0.2, 0.25) is 0 Å². The van der Waals surface area contributed by atoms with Gasteiger partial charge in [0.25, 0.3) is 0 Å². The van der Waals surface area contributed by atoms with E-state index in [1.807, 2.05) is 24.3 Å². The second-order valence-electron chi connectivity index (χ2n) is 8.25. The monoisotopic (exact) mass is 482 g/mol. The fourth-order valence-electron chi connectivity index (χ4n) is 4.33. The summed E-state index contributed by atoms with van der Waals surface area (Å²) in [6.07, 6.45) is 6.11. The molecule has 2 aromatic carbocycles. The molecule has 0 aliphatic heterocycles. The van der Waals surface area contributed by atoms with Gasteiger partial charge in [-0.2, -0.15) is 0 Å². The second kappa shape index (κ2) is 11.7. The van der Waals surface area contributed by atoms with Crippen LogP contribution < -0.4 is 28.4 Å². The number of allylic oxidation sites excluding steroid dienone is 2. The van der Waals surface area contributed by atoms with Gasteiger partial charge in [-0.05, 0) is 43.0 Å². The summed E-state index contributed by atoms with van der Waals surface area (Å²) in [4.78, 5) is 13.6. The highest BCUT2D eigenvalue weighted by Crippen LogP contribution is 2.41. The summed E-state index contributed by atoms with van der Waals surface area (Å²) in [7, 11) is 9.50. The quantitative estimate of drug-likeness (QED) is 0.431. The van der Waals surface area contributed by atoms with Crippen molar-refractivity contribution in [3.05, 3.63) is 46.5 Å². The van der Waals surface area contributed by atoms with Crippen LogP contribution in [0, 0.1) is 5.92 Å². The van der Waals surface area contributed by atoms with Crippen LogP contribution in [-0.2, 0) is 4.79 Å². The van der Waals surface area contributed by atoms with E-state index in [9.17, 15) is 4.79 Å². The summed E-state index contributed by atoms with van der Waals surface area (Å²) < 4.78 is 32.8. The number of ketones is 1. The SMILES string of the molecule is CCC1C/C(=C/c2cc(OC)c(OC)cc2OC)C(=O)/C(=C/c2cc(OC)c(OC)cc2OC)C1. The molecular formula is C28H34O7. The molecule has 1 fully saturated rings. The molecule has 0 spiro atoms. The number of hydrogen-bond acceptors (Lipinski definition) is 7. The highest BCUT2D eigenvalue weighted by Gasteiger charge is 2.28. The van der Waals surface area contributed by atoms with E-state index in [4.69, 9.17) is 28.4 Å². The number of benzene rings is 2. The summed E-state index contributed by atoms with van der Waals surface area (Å²) >= 11 is 0. The van der Waals surface area contributed by atoms with Crippen molar-refractivity contribution in [1.29, 1.82) is 0 Å². The van der Waals surface area contributed by atoms with Gasteiger partial charge in [-0.3, -0.25) is 4.79 Å². The van der Waals surface area contributed by atoms with E-state index in [1.165, 1.54) is 0 Å². The minimum Gasteiger partial charge on any atom is -0.496 e. The first-order valence-electron chi connectivity index (χ1n) is 11.5. The zero-order chi connectivity index (χ0) is 25.5. The van der Waals surface area contributed by atoms with E-state index < -0.39 is 0 Å². The fourth-order valence-corrected chi connectivity index (χ4v) is 4.33. The van der Waals surface area contributed by atoms with Gasteiger partial charge in [-0.25, -0.2) is 0 Å². The van der Waals surface area contributed by atoms with Gasteiger partial charge in [0.15, 0.2) is 28.8 Å². The standard InChI is InChI=1S/C28H34O7/c1-8-17-9-20(11-18-13-24(32-4)26(34-6)15-22(18)30-2)28(29)21(10-17)12-19-14-25(33-5)27(35-7)16-23(19)31-3/h11-17H,8-10H2,1-7H3/b20-11-,21-12+. The van der Waals surface area contributed by atoms with Crippen LogP contribution in [-0.4, -0.2) is 48.4 Å². The fraction of sp³-hybridized carbons (Fsp3) is 0.393. The van der Waals surface area contributed by atoms with Crippen LogP contribution in [0.25, 0.3) is 12.2 Å². The Bertz CT molecular complexity index is 1050. The van der Waals surface area contributed by atoms with Crippen molar-refractivity contribution in [2.24, 2.45) is 5.92 Å². The third-order valence-corrected chi connectivity index (χ3v) is 6.31. The summed E-state index contributed by atoms with van der Waals surface area (Å²) in [5, 5.41) is 0. The van der Waals surface area contributed by atoms with Crippen LogP contribution in [0.15, 0.2) is 35.4 Å². The number of methoxy groups -OCH3 is 6. The Hall–Kier alpha value is -3.61. The van der Waals surface area contributed by atoms with E-state index in [2.05, 4.69) is 6.92 Å². The topological polar surface area (TPSA) is 72.5 Å². The average Bonchev–Trinajstić information content (AvgIpc) is 2.89. The minimum atomic E-state index is 0.00313. The Balaban J connectivity index is 2.10. The van der Waals surface area contributed by atoms with Crippen molar-refractivity contribution in [3.63, 3.8) is 0 Å². The van der Waals surface area contributed by atoms with Gasteiger partial charge in [0.1, 0.15) is 11.5 Å². The first-order valence-corrected chi connectivity index (χ1v) is 11.5. The summed E-state index contributed by atoms with van der Waals surface area (Å²) in [5.41, 5.74) is 2.96. The molecule has 188 valence electrons. The number of hydrogen-bond donors (Lipinski definition) is 0. The first kappa shape index (κ1) is 26.0. The number of carbonyl (C=O) groups excluding carboxylic acids is 1. The van der Waals surface area contributed by atoms with Crippen molar-refractivity contribution in [1.82, 2.24) is 0 Å². The molecule has 7 nitrogen and oxygen atoms in total. The lowest BCUT2D eigenvalue weighted by atomic mass is 9.78. The van der Waals surface area contributed by atoms with Crippen molar-refractivity contribution < 1.29 is 33.2 Å². The molecule has 0 radical (unpaired) electrons. The Kier molecular flexibility index (Phi) is 8.68. The van der Waals surface area contributed by atoms with Crippen LogP contribution >= 0.6 is 0 Å². The summed E-state index contributed by atoms with van der Waals surface area (Å²) in [5.74, 6) is 3.82. The van der Waals surface area contributed by atoms with E-state index in [0.29, 0.717) is 53.3 Å². The number of carbonyl (C=O) groups is 1. The van der Waals surface area contributed by atoms with Gasteiger partial charge >= 0.3 is 0 Å². The van der Waals surface area contributed by atoms with Crippen molar-refractivity contribution in [2.45, 2.75) is 26.2 Å². The zero-order valence-corrected chi connectivity index (χ0v) is 21.5. The van der Waals surface area contributed by atoms with Crippen molar-refractivity contribution in [3.8, 4) is 34.5 Å². The zero-order valence-electron chi connectivity index (χ0n) is 21.5. The maximum Gasteiger partial charge on any atom is 0.185 e. The van der Waals surface area contributed by atoms with Gasteiger partial charge in [0.05, 0.1) is 42.7 Å². The van der Waals surface area contributed by atoms with Gasteiger partial charge in [0, 0.05) is 34.4 Å². The third-order valence-electron chi connectivity index (χ3n) is 6.31. The minimum absolute atomic E-state index is 0.00313. The van der Waals surface area contributed by atoms with Crippen LogP contribution in [0.5, 0.6) is 34.5 Å². The lowest BCUT2D eigenvalue weighted by Gasteiger charge is -2.25. The molecule has 0 bridgehead atoms. The van der Waals surface area contributed by atoms with E-state index in [0.717, 1.165) is 28.7 Å². The van der Waals surface area contributed by atoms with Crippen LogP contribution in [0.4, 0.5) is 0 Å². The normalized spacial score (nSPS) is 17.9. The molecule has 1 saturated carbocycles. The molecule has 1 atom stereocenters. The predicted molar refractivity (Wildman–Crippen MR) is 136 cm³/mol. The number of Topliss-reactive ketones (excluding diaryl/α,β-unsaturated/α-hetero) is 1. The average molecular weight is 483 g/mol. The molecule has 0 aromatic heterocycles. The molecule has 0 saturated heterocycles. The Labute approximate surface area is 207 Å².